The number of carbonyl (C=O) groups excluding carboxylic acids is 1. The number of nitrogens with zero attached hydrogens (tertiary/aromatic N) is 1. The van der Waals surface area contributed by atoms with Crippen LogP contribution < -0.4 is 0 Å². The Kier molecular flexibility index (Phi) is 4.45. The van der Waals surface area contributed by atoms with Gasteiger partial charge in [0.05, 0.1) is 0 Å². The fraction of sp³-hybridized carbons (Fsp3) is 0.588. The Labute approximate surface area is 129 Å². The molecule has 1 heterocycles. The van der Waals surface area contributed by atoms with Gasteiger partial charge in [-0.05, 0) is 49.1 Å². The Morgan fingerprint density at radius 1 is 1.15 bits per heavy atom. The summed E-state index contributed by atoms with van der Waals surface area (Å²) in [5.74, 6) is 1.36. The summed E-state index contributed by atoms with van der Waals surface area (Å²) in [5.41, 5.74) is 2.82. The van der Waals surface area contributed by atoms with Crippen molar-refractivity contribution >= 4 is 21.8 Å². The number of rotatable bonds is 2. The Balaban J connectivity index is 1.62. The second-order valence-corrected chi connectivity index (χ2v) is 6.78. The van der Waals surface area contributed by atoms with E-state index in [1.54, 1.807) is 0 Å². The van der Waals surface area contributed by atoms with Crippen LogP contribution in [0.2, 0.25) is 0 Å². The second-order valence-electron chi connectivity index (χ2n) is 6.13. The van der Waals surface area contributed by atoms with Gasteiger partial charge in [-0.1, -0.05) is 40.2 Å². The Bertz CT molecular complexity index is 480. The lowest BCUT2D eigenvalue weighted by molar-refractivity contribution is -0.137. The molecule has 2 aliphatic rings. The lowest BCUT2D eigenvalue weighted by Gasteiger charge is -2.35. The van der Waals surface area contributed by atoms with Crippen LogP contribution >= 0.6 is 15.9 Å². The molecule has 0 aromatic heterocycles. The Hall–Kier alpha value is -0.830. The van der Waals surface area contributed by atoms with Crippen LogP contribution in [0.15, 0.2) is 24.3 Å². The van der Waals surface area contributed by atoms with E-state index < -0.39 is 0 Å². The predicted molar refractivity (Wildman–Crippen MR) is 85.1 cm³/mol. The summed E-state index contributed by atoms with van der Waals surface area (Å²) in [6.07, 6.45) is 5.33. The normalized spacial score (nSPS) is 23.4. The number of likely N-dealkylation sites (tertiary alicyclic amines) is 1. The summed E-state index contributed by atoms with van der Waals surface area (Å²) in [5, 5.41) is 1.08. The third kappa shape index (κ3) is 2.93. The molecule has 2 nitrogen and oxygen atoms in total. The van der Waals surface area contributed by atoms with Crippen molar-refractivity contribution in [1.82, 2.24) is 4.90 Å². The molecule has 108 valence electrons. The average molecular weight is 336 g/mol. The SMILES string of the molecule is O=C(C1CCc2ccccc2C1)N1CCC(CBr)CC1. The van der Waals surface area contributed by atoms with Gasteiger partial charge in [-0.25, -0.2) is 0 Å². The highest BCUT2D eigenvalue weighted by atomic mass is 79.9. The van der Waals surface area contributed by atoms with Crippen LogP contribution in [-0.2, 0) is 17.6 Å². The summed E-state index contributed by atoms with van der Waals surface area (Å²) >= 11 is 3.56. The van der Waals surface area contributed by atoms with E-state index in [2.05, 4.69) is 45.1 Å². The van der Waals surface area contributed by atoms with E-state index >= 15 is 0 Å². The van der Waals surface area contributed by atoms with Crippen molar-refractivity contribution in [2.45, 2.75) is 32.1 Å². The molecular formula is C17H22BrNO. The lowest BCUT2D eigenvalue weighted by Crippen LogP contribution is -2.43. The average Bonchev–Trinajstić information content (AvgIpc) is 2.54. The predicted octanol–water partition coefficient (Wildman–Crippen LogP) is 3.43. The first-order valence-corrected chi connectivity index (χ1v) is 8.81. The summed E-state index contributed by atoms with van der Waals surface area (Å²) in [7, 11) is 0. The van der Waals surface area contributed by atoms with Gasteiger partial charge in [-0.15, -0.1) is 0 Å². The highest BCUT2D eigenvalue weighted by Crippen LogP contribution is 2.28. The molecule has 0 spiro atoms. The molecule has 1 aromatic rings. The third-order valence-corrected chi connectivity index (χ3v) is 5.76. The minimum atomic E-state index is 0.213. The van der Waals surface area contributed by atoms with Crippen molar-refractivity contribution < 1.29 is 4.79 Å². The molecule has 1 fully saturated rings. The molecule has 0 saturated carbocycles. The molecule has 3 rings (SSSR count). The zero-order valence-electron chi connectivity index (χ0n) is 11.9. The minimum absolute atomic E-state index is 0.213. The van der Waals surface area contributed by atoms with E-state index in [9.17, 15) is 4.79 Å². The van der Waals surface area contributed by atoms with E-state index in [0.29, 0.717) is 5.91 Å². The lowest BCUT2D eigenvalue weighted by atomic mass is 9.83. The number of hydrogen-bond acceptors (Lipinski definition) is 1. The first-order chi connectivity index (χ1) is 9.78. The number of benzene rings is 1. The smallest absolute Gasteiger partial charge is 0.226 e. The van der Waals surface area contributed by atoms with E-state index in [1.807, 2.05) is 0 Å². The van der Waals surface area contributed by atoms with Gasteiger partial charge in [-0.3, -0.25) is 4.79 Å². The van der Waals surface area contributed by atoms with Crippen molar-refractivity contribution in [3.63, 3.8) is 0 Å². The molecule has 3 heteroatoms. The fourth-order valence-electron chi connectivity index (χ4n) is 3.47. The summed E-state index contributed by atoms with van der Waals surface area (Å²) in [6, 6.07) is 8.59. The Morgan fingerprint density at radius 3 is 2.55 bits per heavy atom. The molecule has 1 atom stereocenters. The summed E-state index contributed by atoms with van der Waals surface area (Å²) in [6.45, 7) is 1.90. The number of fused-ring (bicyclic) bond motifs is 1. The van der Waals surface area contributed by atoms with Gasteiger partial charge in [0.2, 0.25) is 5.91 Å². The van der Waals surface area contributed by atoms with Gasteiger partial charge in [0, 0.05) is 24.3 Å². The number of hydrogen-bond donors (Lipinski definition) is 0. The fourth-order valence-corrected chi connectivity index (χ4v) is 4.12. The van der Waals surface area contributed by atoms with E-state index in [0.717, 1.165) is 56.4 Å². The van der Waals surface area contributed by atoms with Crippen LogP contribution in [0.3, 0.4) is 0 Å². The maximum absolute atomic E-state index is 12.7. The van der Waals surface area contributed by atoms with Crippen molar-refractivity contribution in [2.24, 2.45) is 11.8 Å². The molecule has 20 heavy (non-hydrogen) atoms. The van der Waals surface area contributed by atoms with Crippen molar-refractivity contribution in [2.75, 3.05) is 18.4 Å². The van der Waals surface area contributed by atoms with Crippen LogP contribution in [0.5, 0.6) is 0 Å². The molecular weight excluding hydrogens is 314 g/mol. The topological polar surface area (TPSA) is 20.3 Å². The second kappa shape index (κ2) is 6.30. The molecule has 1 aliphatic heterocycles. The molecule has 1 aliphatic carbocycles. The number of carbonyl (C=O) groups is 1. The highest BCUT2D eigenvalue weighted by Gasteiger charge is 2.30. The summed E-state index contributed by atoms with van der Waals surface area (Å²) in [4.78, 5) is 14.8. The standard InChI is InChI=1S/C17H22BrNO/c18-12-13-7-9-19(10-8-13)17(20)16-6-5-14-3-1-2-4-15(14)11-16/h1-4,13,16H,5-12H2. The number of amides is 1. The van der Waals surface area contributed by atoms with Gasteiger partial charge in [0.15, 0.2) is 0 Å². The molecule has 1 unspecified atom stereocenters. The van der Waals surface area contributed by atoms with Crippen LogP contribution in [0.25, 0.3) is 0 Å². The molecule has 0 radical (unpaired) electrons. The van der Waals surface area contributed by atoms with Gasteiger partial charge >= 0.3 is 0 Å². The van der Waals surface area contributed by atoms with E-state index in [1.165, 1.54) is 11.1 Å². The van der Waals surface area contributed by atoms with Crippen LogP contribution in [0.4, 0.5) is 0 Å². The van der Waals surface area contributed by atoms with Crippen LogP contribution in [0, 0.1) is 11.8 Å². The quantitative estimate of drug-likeness (QED) is 0.758. The van der Waals surface area contributed by atoms with E-state index in [-0.39, 0.29) is 5.92 Å². The molecule has 1 aromatic carbocycles. The molecule has 0 bridgehead atoms. The van der Waals surface area contributed by atoms with Gasteiger partial charge in [0.25, 0.3) is 0 Å². The molecule has 1 amide bonds. The largest absolute Gasteiger partial charge is 0.342 e. The van der Waals surface area contributed by atoms with Crippen molar-refractivity contribution in [3.8, 4) is 0 Å². The summed E-state index contributed by atoms with van der Waals surface area (Å²) < 4.78 is 0. The first kappa shape index (κ1) is 14.1. The maximum atomic E-state index is 12.7. The van der Waals surface area contributed by atoms with Crippen LogP contribution in [0.1, 0.15) is 30.4 Å². The van der Waals surface area contributed by atoms with Gasteiger partial charge in [0.1, 0.15) is 0 Å². The number of alkyl halides is 1. The highest BCUT2D eigenvalue weighted by molar-refractivity contribution is 9.09. The number of aryl methyl sites for hydroxylation is 1. The number of piperidine rings is 1. The van der Waals surface area contributed by atoms with Gasteiger partial charge < -0.3 is 4.90 Å². The minimum Gasteiger partial charge on any atom is -0.342 e. The Morgan fingerprint density at radius 2 is 1.85 bits per heavy atom. The van der Waals surface area contributed by atoms with Crippen molar-refractivity contribution in [1.29, 1.82) is 0 Å². The molecule has 1 saturated heterocycles. The van der Waals surface area contributed by atoms with Crippen LogP contribution in [-0.4, -0.2) is 29.2 Å². The maximum Gasteiger partial charge on any atom is 0.226 e. The first-order valence-electron chi connectivity index (χ1n) is 7.69. The van der Waals surface area contributed by atoms with Gasteiger partial charge in [-0.2, -0.15) is 0 Å². The van der Waals surface area contributed by atoms with Crippen molar-refractivity contribution in [3.05, 3.63) is 35.4 Å². The van der Waals surface area contributed by atoms with E-state index in [4.69, 9.17) is 0 Å². The zero-order valence-corrected chi connectivity index (χ0v) is 13.4. The third-order valence-electron chi connectivity index (χ3n) is 4.84. The molecule has 0 N–H and O–H groups in total. The number of halogens is 1. The monoisotopic (exact) mass is 335 g/mol. The zero-order chi connectivity index (χ0) is 13.9.